The minimum Gasteiger partial charge on any atom is -0.391 e. The molecular formula is C7H12O2. The van der Waals surface area contributed by atoms with Crippen LogP contribution in [0.15, 0.2) is 0 Å². The van der Waals surface area contributed by atoms with Gasteiger partial charge in [-0.25, -0.2) is 0 Å². The molecule has 1 unspecified atom stereocenters. The van der Waals surface area contributed by atoms with Crippen LogP contribution in [-0.2, 0) is 4.74 Å². The van der Waals surface area contributed by atoms with Crippen LogP contribution in [0.25, 0.3) is 0 Å². The summed E-state index contributed by atoms with van der Waals surface area (Å²) < 4.78 is 5.44. The number of aliphatic hydroxyl groups is 1. The van der Waals surface area contributed by atoms with Crippen molar-refractivity contribution in [3.63, 3.8) is 0 Å². The molecule has 1 atom stereocenters. The first-order valence-corrected chi connectivity index (χ1v) is 3.63. The van der Waals surface area contributed by atoms with Crippen molar-refractivity contribution < 1.29 is 9.84 Å². The molecule has 1 saturated carbocycles. The van der Waals surface area contributed by atoms with Crippen LogP contribution in [-0.4, -0.2) is 23.4 Å². The van der Waals surface area contributed by atoms with Crippen LogP contribution in [0.5, 0.6) is 0 Å². The molecular weight excluding hydrogens is 116 g/mol. The molecule has 52 valence electrons. The van der Waals surface area contributed by atoms with Crippen molar-refractivity contribution in [1.29, 1.82) is 0 Å². The number of hydrogen-bond donors (Lipinski definition) is 1. The molecule has 1 saturated heterocycles. The predicted octanol–water partition coefficient (Wildman–Crippen LogP) is 0.690. The van der Waals surface area contributed by atoms with Crippen molar-refractivity contribution in [3.05, 3.63) is 0 Å². The molecule has 2 aliphatic rings. The summed E-state index contributed by atoms with van der Waals surface area (Å²) >= 11 is 0. The van der Waals surface area contributed by atoms with Gasteiger partial charge in [-0.3, -0.25) is 0 Å². The molecule has 1 spiro atoms. The maximum atomic E-state index is 9.04. The molecule has 0 amide bonds. The lowest BCUT2D eigenvalue weighted by atomic mass is 10.1. The van der Waals surface area contributed by atoms with E-state index in [1.54, 1.807) is 0 Å². The highest BCUT2D eigenvalue weighted by Crippen LogP contribution is 2.46. The summed E-state index contributed by atoms with van der Waals surface area (Å²) in [5.41, 5.74) is 0.249. The number of hydrogen-bond acceptors (Lipinski definition) is 2. The molecule has 2 rings (SSSR count). The van der Waals surface area contributed by atoms with E-state index in [4.69, 9.17) is 9.84 Å². The van der Waals surface area contributed by atoms with Gasteiger partial charge < -0.3 is 9.84 Å². The van der Waals surface area contributed by atoms with E-state index >= 15 is 0 Å². The van der Waals surface area contributed by atoms with Crippen molar-refractivity contribution >= 4 is 0 Å². The monoisotopic (exact) mass is 128 g/mol. The van der Waals surface area contributed by atoms with E-state index in [2.05, 4.69) is 0 Å². The Morgan fingerprint density at radius 2 is 2.11 bits per heavy atom. The van der Waals surface area contributed by atoms with E-state index in [-0.39, 0.29) is 11.7 Å². The van der Waals surface area contributed by atoms with Crippen molar-refractivity contribution in [3.8, 4) is 0 Å². The third-order valence-electron chi connectivity index (χ3n) is 2.32. The molecule has 0 aromatic rings. The van der Waals surface area contributed by atoms with Crippen LogP contribution in [0.3, 0.4) is 0 Å². The van der Waals surface area contributed by atoms with E-state index in [1.807, 2.05) is 0 Å². The lowest BCUT2D eigenvalue weighted by molar-refractivity contribution is -0.0698. The van der Waals surface area contributed by atoms with Crippen molar-refractivity contribution in [2.45, 2.75) is 37.4 Å². The highest BCUT2D eigenvalue weighted by molar-refractivity contribution is 4.98. The lowest BCUT2D eigenvalue weighted by Gasteiger charge is -2.25. The molecule has 0 aromatic heterocycles. The maximum absolute atomic E-state index is 9.04. The highest BCUT2D eigenvalue weighted by atomic mass is 16.5. The molecule has 1 aliphatic carbocycles. The second-order valence-corrected chi connectivity index (χ2v) is 3.19. The van der Waals surface area contributed by atoms with Gasteiger partial charge in [0.05, 0.1) is 18.3 Å². The number of aliphatic hydroxyl groups excluding tert-OH is 1. The van der Waals surface area contributed by atoms with E-state index in [0.29, 0.717) is 6.61 Å². The zero-order valence-corrected chi connectivity index (χ0v) is 5.47. The standard InChI is InChI=1S/C7H12O2/c8-6-1-2-7(3-4-7)9-5-6/h6,8H,1-5H2. The van der Waals surface area contributed by atoms with Gasteiger partial charge in [0.25, 0.3) is 0 Å². The first-order valence-electron chi connectivity index (χ1n) is 3.63. The van der Waals surface area contributed by atoms with E-state index < -0.39 is 0 Å². The summed E-state index contributed by atoms with van der Waals surface area (Å²) in [5.74, 6) is 0. The average molecular weight is 128 g/mol. The summed E-state index contributed by atoms with van der Waals surface area (Å²) in [5, 5.41) is 9.04. The normalized spacial score (nSPS) is 39.0. The van der Waals surface area contributed by atoms with Crippen LogP contribution in [0.2, 0.25) is 0 Å². The van der Waals surface area contributed by atoms with Crippen LogP contribution < -0.4 is 0 Å². The van der Waals surface area contributed by atoms with Gasteiger partial charge in [0.2, 0.25) is 0 Å². The fourth-order valence-corrected chi connectivity index (χ4v) is 1.39. The molecule has 0 radical (unpaired) electrons. The second-order valence-electron chi connectivity index (χ2n) is 3.19. The van der Waals surface area contributed by atoms with Crippen LogP contribution in [0, 0.1) is 0 Å². The van der Waals surface area contributed by atoms with Gasteiger partial charge >= 0.3 is 0 Å². The van der Waals surface area contributed by atoms with Gasteiger partial charge in [-0.2, -0.15) is 0 Å². The zero-order chi connectivity index (χ0) is 6.32. The molecule has 2 nitrogen and oxygen atoms in total. The van der Waals surface area contributed by atoms with Gasteiger partial charge in [-0.15, -0.1) is 0 Å². The van der Waals surface area contributed by atoms with E-state index in [1.165, 1.54) is 12.8 Å². The Morgan fingerprint density at radius 3 is 2.56 bits per heavy atom. The Kier molecular flexibility index (Phi) is 1.08. The minimum atomic E-state index is -0.184. The lowest BCUT2D eigenvalue weighted by Crippen LogP contribution is -2.30. The van der Waals surface area contributed by atoms with Crippen molar-refractivity contribution in [2.75, 3.05) is 6.61 Å². The fraction of sp³-hybridized carbons (Fsp3) is 1.00. The molecule has 1 aliphatic heterocycles. The van der Waals surface area contributed by atoms with Crippen LogP contribution in [0.4, 0.5) is 0 Å². The first kappa shape index (κ1) is 5.69. The average Bonchev–Trinajstić information content (AvgIpc) is 2.60. The Morgan fingerprint density at radius 1 is 1.33 bits per heavy atom. The van der Waals surface area contributed by atoms with Crippen molar-refractivity contribution in [2.24, 2.45) is 0 Å². The first-order chi connectivity index (χ1) is 4.31. The Hall–Kier alpha value is -0.0800. The molecule has 9 heavy (non-hydrogen) atoms. The SMILES string of the molecule is OC1CCC2(CC2)OC1. The summed E-state index contributed by atoms with van der Waals surface area (Å²) in [7, 11) is 0. The summed E-state index contributed by atoms with van der Waals surface area (Å²) in [6, 6.07) is 0. The third kappa shape index (κ3) is 0.970. The topological polar surface area (TPSA) is 29.5 Å². The van der Waals surface area contributed by atoms with Crippen LogP contribution >= 0.6 is 0 Å². The molecule has 0 aromatic carbocycles. The van der Waals surface area contributed by atoms with Gasteiger partial charge in [0.1, 0.15) is 0 Å². The van der Waals surface area contributed by atoms with Gasteiger partial charge in [0.15, 0.2) is 0 Å². The summed E-state index contributed by atoms with van der Waals surface area (Å²) in [4.78, 5) is 0. The molecule has 2 heteroatoms. The van der Waals surface area contributed by atoms with E-state index in [0.717, 1.165) is 12.8 Å². The number of ether oxygens (including phenoxy) is 1. The minimum absolute atomic E-state index is 0.184. The third-order valence-corrected chi connectivity index (χ3v) is 2.32. The Labute approximate surface area is 54.8 Å². The number of rotatable bonds is 0. The van der Waals surface area contributed by atoms with Gasteiger partial charge in [-0.1, -0.05) is 0 Å². The van der Waals surface area contributed by atoms with Gasteiger partial charge in [-0.05, 0) is 25.7 Å². The Bertz CT molecular complexity index is 108. The molecule has 2 fully saturated rings. The van der Waals surface area contributed by atoms with Gasteiger partial charge in [0, 0.05) is 0 Å². The Balaban J connectivity index is 1.91. The molecule has 0 bridgehead atoms. The molecule has 1 heterocycles. The maximum Gasteiger partial charge on any atom is 0.0775 e. The quantitative estimate of drug-likeness (QED) is 0.520. The van der Waals surface area contributed by atoms with Crippen molar-refractivity contribution in [1.82, 2.24) is 0 Å². The molecule has 1 N–H and O–H groups in total. The predicted molar refractivity (Wildman–Crippen MR) is 33.2 cm³/mol. The summed E-state index contributed by atoms with van der Waals surface area (Å²) in [6.45, 7) is 0.569. The van der Waals surface area contributed by atoms with E-state index in [9.17, 15) is 0 Å². The highest BCUT2D eigenvalue weighted by Gasteiger charge is 2.46. The zero-order valence-electron chi connectivity index (χ0n) is 5.47. The smallest absolute Gasteiger partial charge is 0.0775 e. The largest absolute Gasteiger partial charge is 0.391 e. The fourth-order valence-electron chi connectivity index (χ4n) is 1.39. The van der Waals surface area contributed by atoms with Crippen LogP contribution in [0.1, 0.15) is 25.7 Å². The summed E-state index contributed by atoms with van der Waals surface area (Å²) in [6.07, 6.45) is 4.28. The second kappa shape index (κ2) is 1.70.